The Balaban J connectivity index is 1.58. The summed E-state index contributed by atoms with van der Waals surface area (Å²) in [4.78, 5) is 0.414. The van der Waals surface area contributed by atoms with Gasteiger partial charge in [-0.25, -0.2) is 0 Å². The molecule has 0 aliphatic heterocycles. The van der Waals surface area contributed by atoms with E-state index in [-0.39, 0.29) is 0 Å². The molecule has 21 heavy (non-hydrogen) atoms. The van der Waals surface area contributed by atoms with Crippen molar-refractivity contribution in [3.63, 3.8) is 0 Å². The van der Waals surface area contributed by atoms with E-state index in [2.05, 4.69) is 6.92 Å². The first-order valence-corrected chi connectivity index (χ1v) is 8.20. The second-order valence-corrected chi connectivity index (χ2v) is 6.28. The Morgan fingerprint density at radius 2 is 1.81 bits per heavy atom. The van der Waals surface area contributed by atoms with Crippen LogP contribution in [-0.2, 0) is 4.74 Å². The minimum Gasteiger partial charge on any atom is -0.494 e. The van der Waals surface area contributed by atoms with Crippen LogP contribution in [-0.4, -0.2) is 24.3 Å². The zero-order valence-corrected chi connectivity index (χ0v) is 13.5. The number of hydrogen-bond acceptors (Lipinski definition) is 3. The third-order valence-corrected chi connectivity index (χ3v) is 4.25. The predicted octanol–water partition coefficient (Wildman–Crippen LogP) is 3.69. The molecule has 0 amide bonds. The van der Waals surface area contributed by atoms with Crippen LogP contribution in [0.1, 0.15) is 44.6 Å². The lowest BCUT2D eigenvalue weighted by Gasteiger charge is -2.26. The summed E-state index contributed by atoms with van der Waals surface area (Å²) in [6, 6.07) is 7.57. The van der Waals surface area contributed by atoms with Crippen molar-refractivity contribution < 1.29 is 9.47 Å². The maximum Gasteiger partial charge on any atom is 0.119 e. The van der Waals surface area contributed by atoms with Gasteiger partial charge in [0, 0.05) is 12.0 Å². The van der Waals surface area contributed by atoms with Gasteiger partial charge in [-0.05, 0) is 55.9 Å². The largest absolute Gasteiger partial charge is 0.494 e. The first-order chi connectivity index (χ1) is 10.1. The van der Waals surface area contributed by atoms with E-state index in [1.54, 1.807) is 0 Å². The molecule has 0 unspecified atom stereocenters. The van der Waals surface area contributed by atoms with Crippen LogP contribution < -0.4 is 10.5 Å². The van der Waals surface area contributed by atoms with E-state index < -0.39 is 0 Å². The zero-order chi connectivity index (χ0) is 15.1. The maximum absolute atomic E-state index is 5.91. The highest BCUT2D eigenvalue weighted by Gasteiger charge is 2.18. The van der Waals surface area contributed by atoms with Crippen LogP contribution in [0.4, 0.5) is 0 Å². The minimum atomic E-state index is 0.414. The molecule has 1 fully saturated rings. The van der Waals surface area contributed by atoms with E-state index in [9.17, 15) is 0 Å². The van der Waals surface area contributed by atoms with Gasteiger partial charge in [0.25, 0.3) is 0 Å². The summed E-state index contributed by atoms with van der Waals surface area (Å²) < 4.78 is 11.6. The summed E-state index contributed by atoms with van der Waals surface area (Å²) in [5.74, 6) is 1.72. The smallest absolute Gasteiger partial charge is 0.119 e. The monoisotopic (exact) mass is 307 g/mol. The fourth-order valence-corrected chi connectivity index (χ4v) is 2.75. The third kappa shape index (κ3) is 5.64. The molecule has 3 nitrogen and oxygen atoms in total. The second kappa shape index (κ2) is 8.35. The molecule has 0 aromatic heterocycles. The molecule has 116 valence electrons. The summed E-state index contributed by atoms with van der Waals surface area (Å²) in [5, 5.41) is 0. The Morgan fingerprint density at radius 1 is 1.14 bits per heavy atom. The fraction of sp³-hybridized carbons (Fsp3) is 0.588. The Labute approximate surface area is 132 Å². The molecule has 0 saturated heterocycles. The molecule has 0 heterocycles. The highest BCUT2D eigenvalue weighted by Crippen LogP contribution is 2.25. The van der Waals surface area contributed by atoms with Crippen molar-refractivity contribution in [1.29, 1.82) is 0 Å². The summed E-state index contributed by atoms with van der Waals surface area (Å²) >= 11 is 4.92. The summed E-state index contributed by atoms with van der Waals surface area (Å²) in [5.41, 5.74) is 6.42. The maximum atomic E-state index is 5.91. The highest BCUT2D eigenvalue weighted by atomic mass is 32.1. The number of hydrogen-bond donors (Lipinski definition) is 1. The third-order valence-electron chi connectivity index (χ3n) is 4.01. The average molecular weight is 307 g/mol. The van der Waals surface area contributed by atoms with Crippen LogP contribution in [0.25, 0.3) is 0 Å². The van der Waals surface area contributed by atoms with Crippen LogP contribution >= 0.6 is 12.2 Å². The Morgan fingerprint density at radius 3 is 2.43 bits per heavy atom. The molecule has 1 saturated carbocycles. The Kier molecular flexibility index (Phi) is 6.46. The summed E-state index contributed by atoms with van der Waals surface area (Å²) in [7, 11) is 0. The molecule has 2 rings (SSSR count). The van der Waals surface area contributed by atoms with Gasteiger partial charge in [0.05, 0.1) is 19.3 Å². The molecular weight excluding hydrogens is 282 g/mol. The lowest BCUT2D eigenvalue weighted by Crippen LogP contribution is -2.21. The number of ether oxygens (including phenoxy) is 2. The molecule has 0 spiro atoms. The number of nitrogens with two attached hydrogens (primary N) is 1. The molecule has 1 aliphatic carbocycles. The van der Waals surface area contributed by atoms with Gasteiger partial charge < -0.3 is 15.2 Å². The molecular formula is C17H25NO2S. The predicted molar refractivity (Wildman–Crippen MR) is 89.8 cm³/mol. The van der Waals surface area contributed by atoms with E-state index in [0.717, 1.165) is 30.3 Å². The summed E-state index contributed by atoms with van der Waals surface area (Å²) in [6.07, 6.45) is 6.41. The molecule has 4 heteroatoms. The van der Waals surface area contributed by atoms with Crippen LogP contribution in [0.5, 0.6) is 5.75 Å². The fourth-order valence-electron chi connectivity index (χ4n) is 2.61. The van der Waals surface area contributed by atoms with Gasteiger partial charge >= 0.3 is 0 Å². The van der Waals surface area contributed by atoms with E-state index >= 15 is 0 Å². The van der Waals surface area contributed by atoms with Crippen molar-refractivity contribution in [1.82, 2.24) is 0 Å². The van der Waals surface area contributed by atoms with E-state index in [1.807, 2.05) is 24.3 Å². The van der Waals surface area contributed by atoms with Gasteiger partial charge in [0.1, 0.15) is 10.7 Å². The summed E-state index contributed by atoms with van der Waals surface area (Å²) in [6.45, 7) is 3.78. The number of benzene rings is 1. The van der Waals surface area contributed by atoms with Gasteiger partial charge in [-0.15, -0.1) is 0 Å². The van der Waals surface area contributed by atoms with Crippen molar-refractivity contribution in [2.45, 2.75) is 45.1 Å². The lowest BCUT2D eigenvalue weighted by atomic mass is 9.89. The normalized spacial score (nSPS) is 22.0. The molecule has 1 aliphatic rings. The van der Waals surface area contributed by atoms with E-state index in [4.69, 9.17) is 27.4 Å². The van der Waals surface area contributed by atoms with Crippen LogP contribution in [0.2, 0.25) is 0 Å². The van der Waals surface area contributed by atoms with Crippen molar-refractivity contribution in [2.24, 2.45) is 11.7 Å². The van der Waals surface area contributed by atoms with E-state index in [1.165, 1.54) is 25.7 Å². The molecule has 1 aromatic carbocycles. The van der Waals surface area contributed by atoms with Gasteiger partial charge in [-0.1, -0.05) is 19.1 Å². The Bertz CT molecular complexity index is 439. The lowest BCUT2D eigenvalue weighted by molar-refractivity contribution is 0.0146. The van der Waals surface area contributed by atoms with Crippen molar-refractivity contribution in [2.75, 3.05) is 13.2 Å². The first-order valence-electron chi connectivity index (χ1n) is 7.79. The highest BCUT2D eigenvalue weighted by molar-refractivity contribution is 7.80. The molecule has 1 aromatic rings. The Hall–Kier alpha value is -1.13. The molecule has 0 bridgehead atoms. The van der Waals surface area contributed by atoms with Gasteiger partial charge in [0.2, 0.25) is 0 Å². The standard InChI is InChI=1S/C17H25NO2S/c1-13-3-7-15(8-4-13)19-11-2-12-20-16-9-5-14(6-10-16)17(18)21/h5-6,9-10,13,15H,2-4,7-8,11-12H2,1H3,(H2,18,21). The van der Waals surface area contributed by atoms with Crippen molar-refractivity contribution in [3.8, 4) is 5.75 Å². The number of thiocarbonyl (C=S) groups is 1. The van der Waals surface area contributed by atoms with Crippen LogP contribution in [0, 0.1) is 5.92 Å². The van der Waals surface area contributed by atoms with Crippen molar-refractivity contribution >= 4 is 17.2 Å². The van der Waals surface area contributed by atoms with Gasteiger partial charge in [0.15, 0.2) is 0 Å². The molecule has 0 radical (unpaired) electrons. The number of rotatable bonds is 7. The first kappa shape index (κ1) is 16.2. The van der Waals surface area contributed by atoms with E-state index in [0.29, 0.717) is 17.7 Å². The average Bonchev–Trinajstić information content (AvgIpc) is 2.49. The molecule has 0 atom stereocenters. The SMILES string of the molecule is CC1CCC(OCCCOc2ccc(C(N)=S)cc2)CC1. The van der Waals surface area contributed by atoms with Crippen LogP contribution in [0.3, 0.4) is 0 Å². The van der Waals surface area contributed by atoms with Crippen LogP contribution in [0.15, 0.2) is 24.3 Å². The van der Waals surface area contributed by atoms with Gasteiger partial charge in [-0.3, -0.25) is 0 Å². The minimum absolute atomic E-state index is 0.414. The second-order valence-electron chi connectivity index (χ2n) is 5.84. The van der Waals surface area contributed by atoms with Gasteiger partial charge in [-0.2, -0.15) is 0 Å². The quantitative estimate of drug-likeness (QED) is 0.616. The molecule has 2 N–H and O–H groups in total. The topological polar surface area (TPSA) is 44.5 Å². The van der Waals surface area contributed by atoms with Crippen molar-refractivity contribution in [3.05, 3.63) is 29.8 Å². The zero-order valence-electron chi connectivity index (χ0n) is 12.7.